The fourth-order valence-corrected chi connectivity index (χ4v) is 2.11. The number of nitrogens with zero attached hydrogens (tertiary/aromatic N) is 1. The van der Waals surface area contributed by atoms with E-state index in [1.54, 1.807) is 0 Å². The summed E-state index contributed by atoms with van der Waals surface area (Å²) in [6.45, 7) is 4.33. The quantitative estimate of drug-likeness (QED) is 0.731. The Hall–Kier alpha value is -0.630. The van der Waals surface area contributed by atoms with E-state index in [0.29, 0.717) is 28.5 Å². The zero-order valence-corrected chi connectivity index (χ0v) is 9.05. The number of pyridine rings is 1. The summed E-state index contributed by atoms with van der Waals surface area (Å²) in [5.41, 5.74) is 0.591. The van der Waals surface area contributed by atoms with E-state index in [2.05, 4.69) is 18.8 Å². The van der Waals surface area contributed by atoms with Crippen LogP contribution in [0.25, 0.3) is 0 Å². The Morgan fingerprint density at radius 3 is 2.79 bits per heavy atom. The summed E-state index contributed by atoms with van der Waals surface area (Å²) in [6, 6.07) is 1.35. The molecule has 0 spiro atoms. The molecule has 3 heteroatoms. The van der Waals surface area contributed by atoms with Crippen LogP contribution >= 0.6 is 11.6 Å². The van der Waals surface area contributed by atoms with Gasteiger partial charge in [-0.1, -0.05) is 25.4 Å². The summed E-state index contributed by atoms with van der Waals surface area (Å²) >= 11 is 5.64. The van der Waals surface area contributed by atoms with Crippen molar-refractivity contribution >= 4 is 11.6 Å². The van der Waals surface area contributed by atoms with Crippen LogP contribution in [-0.4, -0.2) is 4.98 Å². The number of hydrogen-bond acceptors (Lipinski definition) is 1. The van der Waals surface area contributed by atoms with Crippen LogP contribution in [0.15, 0.2) is 12.3 Å². The molecule has 0 N–H and O–H groups in total. The summed E-state index contributed by atoms with van der Waals surface area (Å²) in [6.07, 6.45) is 2.58. The highest BCUT2D eigenvalue weighted by atomic mass is 35.5. The Morgan fingerprint density at radius 2 is 2.29 bits per heavy atom. The molecule has 0 radical (unpaired) electrons. The zero-order chi connectivity index (χ0) is 10.3. The summed E-state index contributed by atoms with van der Waals surface area (Å²) in [5, 5.41) is 0.369. The zero-order valence-electron chi connectivity index (χ0n) is 8.30. The van der Waals surface area contributed by atoms with Crippen molar-refractivity contribution in [2.24, 2.45) is 11.8 Å². The van der Waals surface area contributed by atoms with Crippen LogP contribution in [0.2, 0.25) is 5.02 Å². The van der Waals surface area contributed by atoms with Gasteiger partial charge in [0.05, 0.1) is 10.7 Å². The minimum Gasteiger partial charge on any atom is -0.256 e. The number of aromatic nitrogens is 1. The second-order valence-electron chi connectivity index (χ2n) is 4.27. The molecule has 1 aromatic rings. The van der Waals surface area contributed by atoms with E-state index in [9.17, 15) is 4.39 Å². The highest BCUT2D eigenvalue weighted by molar-refractivity contribution is 6.30. The van der Waals surface area contributed by atoms with Gasteiger partial charge in [0.15, 0.2) is 0 Å². The highest BCUT2D eigenvalue weighted by Crippen LogP contribution is 2.51. The molecule has 0 bridgehead atoms. The molecule has 2 atom stereocenters. The fourth-order valence-electron chi connectivity index (χ4n) is 1.96. The van der Waals surface area contributed by atoms with Gasteiger partial charge in [-0.3, -0.25) is 4.98 Å². The smallest absolute Gasteiger partial charge is 0.146 e. The Morgan fingerprint density at radius 1 is 1.57 bits per heavy atom. The predicted molar refractivity (Wildman–Crippen MR) is 54.9 cm³/mol. The maximum atomic E-state index is 13.4. The van der Waals surface area contributed by atoms with Crippen molar-refractivity contribution in [3.05, 3.63) is 28.8 Å². The second-order valence-corrected chi connectivity index (χ2v) is 4.71. The Labute approximate surface area is 88.3 Å². The molecule has 1 aliphatic carbocycles. The monoisotopic (exact) mass is 213 g/mol. The van der Waals surface area contributed by atoms with Crippen molar-refractivity contribution in [1.82, 2.24) is 4.98 Å². The van der Waals surface area contributed by atoms with Crippen LogP contribution in [-0.2, 0) is 0 Å². The highest BCUT2D eigenvalue weighted by Gasteiger charge is 2.42. The molecule has 1 fully saturated rings. The van der Waals surface area contributed by atoms with E-state index in [-0.39, 0.29) is 5.82 Å². The van der Waals surface area contributed by atoms with Gasteiger partial charge in [0.2, 0.25) is 0 Å². The van der Waals surface area contributed by atoms with Crippen molar-refractivity contribution in [2.45, 2.75) is 26.2 Å². The first-order valence-corrected chi connectivity index (χ1v) is 5.28. The molecule has 0 aromatic carbocycles. The van der Waals surface area contributed by atoms with E-state index in [4.69, 9.17) is 11.6 Å². The normalized spacial score (nSPS) is 25.5. The molecule has 2 rings (SSSR count). The van der Waals surface area contributed by atoms with Gasteiger partial charge in [-0.15, -0.1) is 0 Å². The maximum Gasteiger partial charge on any atom is 0.146 e. The van der Waals surface area contributed by atoms with Crippen molar-refractivity contribution in [3.8, 4) is 0 Å². The van der Waals surface area contributed by atoms with Gasteiger partial charge in [-0.25, -0.2) is 4.39 Å². The minimum absolute atomic E-state index is 0.259. The number of rotatable bonds is 2. The summed E-state index contributed by atoms with van der Waals surface area (Å²) in [4.78, 5) is 4.07. The largest absolute Gasteiger partial charge is 0.256 e. The van der Waals surface area contributed by atoms with Gasteiger partial charge in [-0.2, -0.15) is 0 Å². The maximum absolute atomic E-state index is 13.4. The van der Waals surface area contributed by atoms with Crippen LogP contribution in [0.3, 0.4) is 0 Å². The first-order chi connectivity index (χ1) is 6.59. The molecule has 1 saturated carbocycles. The van der Waals surface area contributed by atoms with Crippen molar-refractivity contribution in [2.75, 3.05) is 0 Å². The third-order valence-electron chi connectivity index (χ3n) is 2.88. The predicted octanol–water partition coefficient (Wildman–Crippen LogP) is 3.63. The summed E-state index contributed by atoms with van der Waals surface area (Å²) in [5.74, 6) is 1.26. The molecule has 76 valence electrons. The SMILES string of the molecule is CC(C)[C@H]1C[C@@H]1c1ncc(Cl)cc1F. The van der Waals surface area contributed by atoms with Crippen LogP contribution < -0.4 is 0 Å². The van der Waals surface area contributed by atoms with Crippen LogP contribution in [0.1, 0.15) is 31.9 Å². The molecule has 14 heavy (non-hydrogen) atoms. The van der Waals surface area contributed by atoms with Gasteiger partial charge in [0.25, 0.3) is 0 Å². The van der Waals surface area contributed by atoms with Gasteiger partial charge < -0.3 is 0 Å². The van der Waals surface area contributed by atoms with E-state index in [0.717, 1.165) is 6.42 Å². The van der Waals surface area contributed by atoms with Crippen LogP contribution in [0, 0.1) is 17.7 Å². The minimum atomic E-state index is -0.259. The fraction of sp³-hybridized carbons (Fsp3) is 0.545. The average Bonchev–Trinajstić information content (AvgIpc) is 2.83. The molecule has 0 unspecified atom stereocenters. The first kappa shape index (κ1) is 9.91. The summed E-state index contributed by atoms with van der Waals surface area (Å²) in [7, 11) is 0. The Kier molecular flexibility index (Phi) is 2.48. The Balaban J connectivity index is 2.19. The van der Waals surface area contributed by atoms with E-state index >= 15 is 0 Å². The second kappa shape index (κ2) is 3.50. The number of halogens is 2. The molecule has 0 aliphatic heterocycles. The van der Waals surface area contributed by atoms with Crippen LogP contribution in [0.5, 0.6) is 0 Å². The lowest BCUT2D eigenvalue weighted by Crippen LogP contribution is -1.97. The Bertz CT molecular complexity index is 351. The molecular formula is C11H13ClFN. The molecular weight excluding hydrogens is 201 g/mol. The molecule has 1 heterocycles. The lowest BCUT2D eigenvalue weighted by atomic mass is 10.1. The van der Waals surface area contributed by atoms with E-state index < -0.39 is 0 Å². The average molecular weight is 214 g/mol. The number of hydrogen-bond donors (Lipinski definition) is 0. The molecule has 1 aromatic heterocycles. The lowest BCUT2D eigenvalue weighted by Gasteiger charge is -2.04. The van der Waals surface area contributed by atoms with Crippen LogP contribution in [0.4, 0.5) is 4.39 Å². The van der Waals surface area contributed by atoms with Gasteiger partial charge >= 0.3 is 0 Å². The third kappa shape index (κ3) is 1.76. The standard InChI is InChI=1S/C11H13ClFN/c1-6(2)8-4-9(8)11-10(13)3-7(12)5-14-11/h3,5-6,8-9H,4H2,1-2H3/t8-,9+/m1/s1. The van der Waals surface area contributed by atoms with Crippen molar-refractivity contribution in [1.29, 1.82) is 0 Å². The molecule has 0 amide bonds. The van der Waals surface area contributed by atoms with E-state index in [1.165, 1.54) is 12.3 Å². The van der Waals surface area contributed by atoms with Gasteiger partial charge in [-0.05, 0) is 24.3 Å². The molecule has 1 aliphatic rings. The van der Waals surface area contributed by atoms with Crippen molar-refractivity contribution in [3.63, 3.8) is 0 Å². The molecule has 0 saturated heterocycles. The lowest BCUT2D eigenvalue weighted by molar-refractivity contribution is 0.532. The van der Waals surface area contributed by atoms with Gasteiger partial charge in [0, 0.05) is 12.1 Å². The first-order valence-electron chi connectivity index (χ1n) is 4.90. The third-order valence-corrected chi connectivity index (χ3v) is 3.09. The van der Waals surface area contributed by atoms with Gasteiger partial charge in [0.1, 0.15) is 5.82 Å². The van der Waals surface area contributed by atoms with Crippen molar-refractivity contribution < 1.29 is 4.39 Å². The topological polar surface area (TPSA) is 12.9 Å². The van der Waals surface area contributed by atoms with E-state index in [1.807, 2.05) is 0 Å². The summed E-state index contributed by atoms with van der Waals surface area (Å²) < 4.78 is 13.4. The molecule has 1 nitrogen and oxygen atoms in total.